The molecule has 134 valence electrons. The normalized spacial score (nSPS) is 11.1. The molecule has 0 spiro atoms. The highest BCUT2D eigenvalue weighted by Crippen LogP contribution is 2.14. The lowest BCUT2D eigenvalue weighted by Gasteiger charge is -2.10. The Morgan fingerprint density at radius 1 is 1.00 bits per heavy atom. The molecule has 1 amide bonds. The summed E-state index contributed by atoms with van der Waals surface area (Å²) in [5, 5.41) is 2.61. The summed E-state index contributed by atoms with van der Waals surface area (Å²) < 4.78 is 32.2. The largest absolute Gasteiger partial charge is 0.484 e. The lowest BCUT2D eigenvalue weighted by atomic mass is 10.1. The van der Waals surface area contributed by atoms with Crippen LogP contribution >= 0.6 is 0 Å². The Bertz CT molecular complexity index is 820. The van der Waals surface area contributed by atoms with Crippen molar-refractivity contribution in [2.75, 3.05) is 19.7 Å². The van der Waals surface area contributed by atoms with Crippen LogP contribution < -0.4 is 14.8 Å². The Kier molecular flexibility index (Phi) is 6.55. The summed E-state index contributed by atoms with van der Waals surface area (Å²) in [5.74, 6) is 0.294. The van der Waals surface area contributed by atoms with Gasteiger partial charge in [-0.1, -0.05) is 24.3 Å². The third kappa shape index (κ3) is 5.88. The molecular weight excluding hydrogens is 340 g/mol. The van der Waals surface area contributed by atoms with Crippen molar-refractivity contribution in [2.24, 2.45) is 0 Å². The van der Waals surface area contributed by atoms with Crippen LogP contribution in [0.2, 0.25) is 0 Å². The van der Waals surface area contributed by atoms with Crippen LogP contribution in [-0.4, -0.2) is 34.0 Å². The SMILES string of the molecule is Cc1ccc(S(=O)(=O)NCCNC(=O)COc2ccccc2)cc1C. The van der Waals surface area contributed by atoms with Gasteiger partial charge in [0.25, 0.3) is 5.91 Å². The molecule has 0 atom stereocenters. The first kappa shape index (κ1) is 19.0. The first-order chi connectivity index (χ1) is 11.9. The summed E-state index contributed by atoms with van der Waals surface area (Å²) in [7, 11) is -3.59. The first-order valence-corrected chi connectivity index (χ1v) is 9.38. The van der Waals surface area contributed by atoms with Crippen molar-refractivity contribution in [1.82, 2.24) is 10.0 Å². The van der Waals surface area contributed by atoms with E-state index in [2.05, 4.69) is 10.0 Å². The highest BCUT2D eigenvalue weighted by atomic mass is 32.2. The molecule has 0 aliphatic rings. The third-order valence-corrected chi connectivity index (χ3v) is 5.10. The second-order valence-electron chi connectivity index (χ2n) is 5.60. The minimum atomic E-state index is -3.59. The van der Waals surface area contributed by atoms with Crippen molar-refractivity contribution < 1.29 is 17.9 Å². The molecule has 0 aliphatic carbocycles. The molecule has 0 saturated heterocycles. The van der Waals surface area contributed by atoms with Gasteiger partial charge in [0, 0.05) is 13.1 Å². The van der Waals surface area contributed by atoms with Crippen LogP contribution in [0.3, 0.4) is 0 Å². The molecule has 2 aromatic carbocycles. The quantitative estimate of drug-likeness (QED) is 0.701. The monoisotopic (exact) mass is 362 g/mol. The predicted molar refractivity (Wildman–Crippen MR) is 96.1 cm³/mol. The number of carbonyl (C=O) groups is 1. The number of amides is 1. The number of hydrogen-bond acceptors (Lipinski definition) is 4. The number of sulfonamides is 1. The van der Waals surface area contributed by atoms with Gasteiger partial charge in [0.2, 0.25) is 10.0 Å². The van der Waals surface area contributed by atoms with Gasteiger partial charge < -0.3 is 10.1 Å². The van der Waals surface area contributed by atoms with E-state index in [-0.39, 0.29) is 30.5 Å². The summed E-state index contributed by atoms with van der Waals surface area (Å²) in [5.41, 5.74) is 1.94. The van der Waals surface area contributed by atoms with Crippen molar-refractivity contribution in [3.63, 3.8) is 0 Å². The lowest BCUT2D eigenvalue weighted by Crippen LogP contribution is -2.36. The van der Waals surface area contributed by atoms with E-state index in [1.54, 1.807) is 30.3 Å². The van der Waals surface area contributed by atoms with Crippen LogP contribution in [-0.2, 0) is 14.8 Å². The summed E-state index contributed by atoms with van der Waals surface area (Å²) >= 11 is 0. The van der Waals surface area contributed by atoms with E-state index in [1.807, 2.05) is 32.0 Å². The molecule has 0 unspecified atom stereocenters. The van der Waals surface area contributed by atoms with Gasteiger partial charge >= 0.3 is 0 Å². The van der Waals surface area contributed by atoms with Crippen molar-refractivity contribution in [3.8, 4) is 5.75 Å². The smallest absolute Gasteiger partial charge is 0.257 e. The van der Waals surface area contributed by atoms with E-state index < -0.39 is 10.0 Å². The van der Waals surface area contributed by atoms with E-state index in [9.17, 15) is 13.2 Å². The van der Waals surface area contributed by atoms with Crippen molar-refractivity contribution in [3.05, 3.63) is 59.7 Å². The zero-order valence-corrected chi connectivity index (χ0v) is 15.1. The Morgan fingerprint density at radius 3 is 2.40 bits per heavy atom. The number of carbonyl (C=O) groups excluding carboxylic acids is 1. The standard InChI is InChI=1S/C18H22N2O4S/c1-14-8-9-17(12-15(14)2)25(22,23)20-11-10-19-18(21)13-24-16-6-4-3-5-7-16/h3-9,12,20H,10-11,13H2,1-2H3,(H,19,21). The molecule has 0 aliphatic heterocycles. The van der Waals surface area contributed by atoms with Crippen molar-refractivity contribution >= 4 is 15.9 Å². The van der Waals surface area contributed by atoms with Gasteiger partial charge in [0.1, 0.15) is 5.75 Å². The topological polar surface area (TPSA) is 84.5 Å². The fraction of sp³-hybridized carbons (Fsp3) is 0.278. The van der Waals surface area contributed by atoms with Crippen LogP contribution in [0.5, 0.6) is 5.75 Å². The number of rotatable bonds is 8. The zero-order chi connectivity index (χ0) is 18.3. The van der Waals surface area contributed by atoms with E-state index in [4.69, 9.17) is 4.74 Å². The molecule has 0 saturated carbocycles. The van der Waals surface area contributed by atoms with Crippen molar-refractivity contribution in [2.45, 2.75) is 18.7 Å². The lowest BCUT2D eigenvalue weighted by molar-refractivity contribution is -0.123. The van der Waals surface area contributed by atoms with Crippen LogP contribution in [0.25, 0.3) is 0 Å². The maximum Gasteiger partial charge on any atom is 0.257 e. The molecule has 6 nitrogen and oxygen atoms in total. The highest BCUT2D eigenvalue weighted by Gasteiger charge is 2.14. The number of para-hydroxylation sites is 1. The molecule has 0 radical (unpaired) electrons. The minimum Gasteiger partial charge on any atom is -0.484 e. The van der Waals surface area contributed by atoms with Crippen LogP contribution in [0, 0.1) is 13.8 Å². The zero-order valence-electron chi connectivity index (χ0n) is 14.3. The van der Waals surface area contributed by atoms with Gasteiger partial charge in [0.05, 0.1) is 4.90 Å². The molecule has 0 heterocycles. The number of aryl methyl sites for hydroxylation is 2. The minimum absolute atomic E-state index is 0.104. The summed E-state index contributed by atoms with van der Waals surface area (Å²) in [6.07, 6.45) is 0. The number of nitrogens with one attached hydrogen (secondary N) is 2. The van der Waals surface area contributed by atoms with Gasteiger partial charge in [-0.05, 0) is 49.2 Å². The first-order valence-electron chi connectivity index (χ1n) is 7.90. The number of hydrogen-bond donors (Lipinski definition) is 2. The van der Waals surface area contributed by atoms with Crippen molar-refractivity contribution in [1.29, 1.82) is 0 Å². The van der Waals surface area contributed by atoms with Gasteiger partial charge in [0.15, 0.2) is 6.61 Å². The molecule has 2 N–H and O–H groups in total. The van der Waals surface area contributed by atoms with E-state index in [0.29, 0.717) is 5.75 Å². The van der Waals surface area contributed by atoms with E-state index in [1.165, 1.54) is 0 Å². The van der Waals surface area contributed by atoms with Gasteiger partial charge in [-0.25, -0.2) is 13.1 Å². The summed E-state index contributed by atoms with van der Waals surface area (Å²) in [4.78, 5) is 11.9. The molecule has 2 aromatic rings. The average Bonchev–Trinajstić information content (AvgIpc) is 2.60. The predicted octanol–water partition coefficient (Wildman–Crippen LogP) is 1.78. The number of ether oxygens (including phenoxy) is 1. The molecule has 2 rings (SSSR count). The average molecular weight is 362 g/mol. The van der Waals surface area contributed by atoms with Gasteiger partial charge in [-0.2, -0.15) is 0 Å². The van der Waals surface area contributed by atoms with E-state index >= 15 is 0 Å². The Hall–Kier alpha value is -2.38. The molecule has 7 heteroatoms. The van der Waals surface area contributed by atoms with E-state index in [0.717, 1.165) is 11.1 Å². The van der Waals surface area contributed by atoms with Gasteiger partial charge in [-0.3, -0.25) is 4.79 Å². The molecule has 0 aromatic heterocycles. The molecule has 0 bridgehead atoms. The Balaban J connectivity index is 1.74. The molecular formula is C18H22N2O4S. The third-order valence-electron chi connectivity index (χ3n) is 3.64. The second-order valence-corrected chi connectivity index (χ2v) is 7.36. The van der Waals surface area contributed by atoms with Crippen LogP contribution in [0.1, 0.15) is 11.1 Å². The fourth-order valence-electron chi connectivity index (χ4n) is 2.07. The molecule has 25 heavy (non-hydrogen) atoms. The fourth-order valence-corrected chi connectivity index (χ4v) is 3.18. The maximum absolute atomic E-state index is 12.2. The second kappa shape index (κ2) is 8.64. The molecule has 0 fully saturated rings. The summed E-state index contributed by atoms with van der Waals surface area (Å²) in [6.45, 7) is 3.95. The van der Waals surface area contributed by atoms with Gasteiger partial charge in [-0.15, -0.1) is 0 Å². The maximum atomic E-state index is 12.2. The van der Waals surface area contributed by atoms with Crippen LogP contribution in [0.15, 0.2) is 53.4 Å². The Labute approximate surface area is 148 Å². The number of benzene rings is 2. The van der Waals surface area contributed by atoms with Crippen LogP contribution in [0.4, 0.5) is 0 Å². The highest BCUT2D eigenvalue weighted by molar-refractivity contribution is 7.89. The summed E-state index contributed by atoms with van der Waals surface area (Å²) in [6, 6.07) is 14.0. The Morgan fingerprint density at radius 2 is 1.72 bits per heavy atom.